The van der Waals surface area contributed by atoms with E-state index in [1.807, 2.05) is 19.1 Å². The van der Waals surface area contributed by atoms with E-state index in [1.165, 1.54) is 11.1 Å². The van der Waals surface area contributed by atoms with Crippen LogP contribution in [0.25, 0.3) is 16.9 Å². The first-order valence-electron chi connectivity index (χ1n) is 11.1. The van der Waals surface area contributed by atoms with Gasteiger partial charge in [-0.15, -0.1) is 0 Å². The highest BCUT2D eigenvalue weighted by Crippen LogP contribution is 2.23. The molecule has 0 aliphatic carbocycles. The van der Waals surface area contributed by atoms with Crippen molar-refractivity contribution in [3.05, 3.63) is 69.8 Å². The highest BCUT2D eigenvalue weighted by Gasteiger charge is 2.21. The van der Waals surface area contributed by atoms with Crippen LogP contribution in [0.2, 0.25) is 0 Å². The van der Waals surface area contributed by atoms with Crippen LogP contribution >= 0.6 is 0 Å². The zero-order valence-corrected chi connectivity index (χ0v) is 19.0. The first-order valence-corrected chi connectivity index (χ1v) is 11.1. The Hall–Kier alpha value is -3.56. The van der Waals surface area contributed by atoms with Crippen LogP contribution in [0.5, 0.6) is 0 Å². The predicted octanol–water partition coefficient (Wildman–Crippen LogP) is 2.61. The molecule has 3 aromatic heterocycles. The number of hydrogen-bond donors (Lipinski definition) is 3. The molecular formula is C24H27N7O2. The van der Waals surface area contributed by atoms with E-state index in [2.05, 4.69) is 37.7 Å². The third-order valence-electron chi connectivity index (χ3n) is 5.90. The smallest absolute Gasteiger partial charge is 0.278 e. The van der Waals surface area contributed by atoms with Crippen molar-refractivity contribution in [1.29, 1.82) is 0 Å². The van der Waals surface area contributed by atoms with Gasteiger partial charge in [-0.2, -0.15) is 4.98 Å². The molecule has 4 heterocycles. The van der Waals surface area contributed by atoms with Gasteiger partial charge in [0.1, 0.15) is 11.0 Å². The van der Waals surface area contributed by atoms with Gasteiger partial charge < -0.3 is 15.7 Å². The molecule has 9 heteroatoms. The summed E-state index contributed by atoms with van der Waals surface area (Å²) in [4.78, 5) is 26.7. The monoisotopic (exact) mass is 445 g/mol. The van der Waals surface area contributed by atoms with E-state index in [9.17, 15) is 9.90 Å². The molecule has 9 nitrogen and oxygen atoms in total. The Morgan fingerprint density at radius 2 is 2.03 bits per heavy atom. The normalized spacial score (nSPS) is 13.8. The van der Waals surface area contributed by atoms with Crippen LogP contribution in [0.4, 0.5) is 11.6 Å². The Bertz CT molecular complexity index is 1400. The van der Waals surface area contributed by atoms with Gasteiger partial charge in [-0.25, -0.2) is 19.3 Å². The largest absolute Gasteiger partial charge is 0.384 e. The second-order valence-corrected chi connectivity index (χ2v) is 8.74. The average molecular weight is 446 g/mol. The van der Waals surface area contributed by atoms with Crippen molar-refractivity contribution < 1.29 is 5.11 Å². The summed E-state index contributed by atoms with van der Waals surface area (Å²) >= 11 is 0. The molecule has 5 rings (SSSR count). The first-order chi connectivity index (χ1) is 15.8. The summed E-state index contributed by atoms with van der Waals surface area (Å²) in [6.45, 7) is 7.53. The molecular weight excluding hydrogens is 418 g/mol. The van der Waals surface area contributed by atoms with E-state index in [-0.39, 0.29) is 5.56 Å². The number of rotatable bonds is 5. The lowest BCUT2D eigenvalue weighted by atomic mass is 10.0. The van der Waals surface area contributed by atoms with E-state index < -0.39 is 5.60 Å². The molecule has 0 bridgehead atoms. The third kappa shape index (κ3) is 3.90. The molecule has 0 fully saturated rings. The second-order valence-electron chi connectivity index (χ2n) is 8.74. The summed E-state index contributed by atoms with van der Waals surface area (Å²) in [6.07, 6.45) is 2.53. The van der Waals surface area contributed by atoms with Gasteiger partial charge in [0.15, 0.2) is 11.5 Å². The number of nitrogens with one attached hydrogen (secondary N) is 2. The van der Waals surface area contributed by atoms with Crippen molar-refractivity contribution in [3.63, 3.8) is 0 Å². The molecule has 0 spiro atoms. The van der Waals surface area contributed by atoms with Gasteiger partial charge in [0.2, 0.25) is 5.95 Å². The molecule has 3 N–H and O–H groups in total. The Kier molecular flexibility index (Phi) is 5.22. The fourth-order valence-corrected chi connectivity index (χ4v) is 4.17. The zero-order valence-electron chi connectivity index (χ0n) is 19.0. The van der Waals surface area contributed by atoms with Crippen molar-refractivity contribution in [2.24, 2.45) is 0 Å². The minimum Gasteiger partial charge on any atom is -0.384 e. The van der Waals surface area contributed by atoms with Crippen molar-refractivity contribution >= 4 is 22.7 Å². The SMILES string of the molecule is CCn1c(=O)c2cnc(Nc3ccc4c(c3)CCNC4)nc2n1-c1cccc(C(C)(C)O)n1. The Morgan fingerprint density at radius 1 is 1.18 bits per heavy atom. The molecule has 0 amide bonds. The van der Waals surface area contributed by atoms with Crippen molar-refractivity contribution in [2.45, 2.75) is 45.9 Å². The molecule has 4 aromatic rings. The molecule has 33 heavy (non-hydrogen) atoms. The minimum atomic E-state index is -1.11. The van der Waals surface area contributed by atoms with Crippen molar-refractivity contribution in [1.82, 2.24) is 29.6 Å². The summed E-state index contributed by atoms with van der Waals surface area (Å²) in [5.74, 6) is 0.909. The van der Waals surface area contributed by atoms with Crippen LogP contribution in [-0.4, -0.2) is 36.0 Å². The van der Waals surface area contributed by atoms with E-state index in [0.29, 0.717) is 35.0 Å². The Labute approximate surface area is 191 Å². The van der Waals surface area contributed by atoms with Crippen LogP contribution in [0, 0.1) is 0 Å². The summed E-state index contributed by atoms with van der Waals surface area (Å²) in [6, 6.07) is 11.6. The van der Waals surface area contributed by atoms with Crippen molar-refractivity contribution in [2.75, 3.05) is 11.9 Å². The van der Waals surface area contributed by atoms with Crippen LogP contribution in [-0.2, 0) is 25.1 Å². The van der Waals surface area contributed by atoms with Crippen LogP contribution in [0.15, 0.2) is 47.4 Å². The van der Waals surface area contributed by atoms with Crippen LogP contribution in [0.3, 0.4) is 0 Å². The van der Waals surface area contributed by atoms with E-state index >= 15 is 0 Å². The molecule has 0 saturated heterocycles. The topological polar surface area (TPSA) is 110 Å². The van der Waals surface area contributed by atoms with Crippen molar-refractivity contribution in [3.8, 4) is 5.82 Å². The van der Waals surface area contributed by atoms with Gasteiger partial charge in [0.25, 0.3) is 5.56 Å². The Balaban J connectivity index is 1.60. The van der Waals surface area contributed by atoms with E-state index in [4.69, 9.17) is 0 Å². The second kappa shape index (κ2) is 8.09. The predicted molar refractivity (Wildman–Crippen MR) is 127 cm³/mol. The van der Waals surface area contributed by atoms with E-state index in [1.54, 1.807) is 41.5 Å². The lowest BCUT2D eigenvalue weighted by Gasteiger charge is -2.18. The number of nitrogens with zero attached hydrogens (tertiary/aromatic N) is 5. The maximum Gasteiger partial charge on any atom is 0.278 e. The number of fused-ring (bicyclic) bond motifs is 2. The molecule has 1 aromatic carbocycles. The lowest BCUT2D eigenvalue weighted by molar-refractivity contribution is 0.0738. The molecule has 0 radical (unpaired) electrons. The van der Waals surface area contributed by atoms with Gasteiger partial charge in [-0.05, 0) is 69.1 Å². The quantitative estimate of drug-likeness (QED) is 0.433. The number of anilines is 2. The van der Waals surface area contributed by atoms with Gasteiger partial charge in [0.05, 0.1) is 5.69 Å². The fraction of sp³-hybridized carbons (Fsp3) is 0.333. The molecule has 0 unspecified atom stereocenters. The average Bonchev–Trinajstić information content (AvgIpc) is 3.09. The maximum atomic E-state index is 13.0. The maximum absolute atomic E-state index is 13.0. The number of aliphatic hydroxyl groups is 1. The molecule has 1 aliphatic heterocycles. The van der Waals surface area contributed by atoms with Gasteiger partial charge in [-0.1, -0.05) is 12.1 Å². The van der Waals surface area contributed by atoms with Crippen LogP contribution < -0.4 is 16.2 Å². The van der Waals surface area contributed by atoms with E-state index in [0.717, 1.165) is 25.2 Å². The fourth-order valence-electron chi connectivity index (χ4n) is 4.17. The summed E-state index contributed by atoms with van der Waals surface area (Å²) < 4.78 is 3.27. The lowest BCUT2D eigenvalue weighted by Crippen LogP contribution is -2.23. The summed E-state index contributed by atoms with van der Waals surface area (Å²) in [7, 11) is 0. The molecule has 170 valence electrons. The van der Waals surface area contributed by atoms with Gasteiger partial charge in [-0.3, -0.25) is 4.79 Å². The number of benzene rings is 1. The van der Waals surface area contributed by atoms with Gasteiger partial charge >= 0.3 is 0 Å². The molecule has 1 aliphatic rings. The Morgan fingerprint density at radius 3 is 2.82 bits per heavy atom. The summed E-state index contributed by atoms with van der Waals surface area (Å²) in [5.41, 5.74) is 3.18. The van der Waals surface area contributed by atoms with Gasteiger partial charge in [0, 0.05) is 25.0 Å². The highest BCUT2D eigenvalue weighted by atomic mass is 16.3. The number of aromatic nitrogens is 5. The highest BCUT2D eigenvalue weighted by molar-refractivity contribution is 5.77. The first kappa shape index (κ1) is 21.3. The molecule has 0 saturated carbocycles. The third-order valence-corrected chi connectivity index (χ3v) is 5.90. The zero-order chi connectivity index (χ0) is 23.2. The summed E-state index contributed by atoms with van der Waals surface area (Å²) in [5, 5.41) is 17.5. The number of pyridine rings is 1. The minimum absolute atomic E-state index is 0.184. The number of hydrogen-bond acceptors (Lipinski definition) is 7. The standard InChI is InChI=1S/C24H27N7O2/c1-4-30-22(32)18-14-26-23(27-17-9-8-16-13-25-11-10-15(16)12-17)29-21(18)31(30)20-7-5-6-19(28-20)24(2,3)33/h5-9,12,14,25,33H,4,10-11,13H2,1-3H3,(H,26,27,29). The van der Waals surface area contributed by atoms with Crippen LogP contribution in [0.1, 0.15) is 37.6 Å². The molecule has 0 atom stereocenters.